The maximum atomic E-state index is 13.7. The molecule has 11 heteroatoms. The number of aliphatic hydroxyl groups excluding tert-OH is 1. The van der Waals surface area contributed by atoms with E-state index in [9.17, 15) is 14.7 Å². The van der Waals surface area contributed by atoms with Gasteiger partial charge in [-0.05, 0) is 59.7 Å². The molecule has 2 aromatic carbocycles. The van der Waals surface area contributed by atoms with Crippen molar-refractivity contribution in [3.05, 3.63) is 111 Å². The number of aromatic nitrogens is 4. The lowest BCUT2D eigenvalue weighted by molar-refractivity contribution is -0.132. The Hall–Kier alpha value is -3.99. The number of hydrogen-bond donors (Lipinski definition) is 1. The monoisotopic (exact) mass is 643 g/mol. The predicted molar refractivity (Wildman–Crippen MR) is 176 cm³/mol. The van der Waals surface area contributed by atoms with Crippen molar-refractivity contribution in [2.45, 2.75) is 56.2 Å². The lowest BCUT2D eigenvalue weighted by Crippen LogP contribution is -2.29. The molecule has 5 aromatic rings. The molecule has 1 aliphatic rings. The molecule has 6 rings (SSSR count). The van der Waals surface area contributed by atoms with E-state index in [-0.39, 0.29) is 27.6 Å². The first-order chi connectivity index (χ1) is 20.9. The normalized spacial score (nSPS) is 16.8. The molecule has 0 bridgehead atoms. The van der Waals surface area contributed by atoms with Gasteiger partial charge in [-0.1, -0.05) is 97.9 Å². The number of aliphatic hydroxyl groups is 1. The molecule has 1 aliphatic heterocycles. The van der Waals surface area contributed by atoms with Gasteiger partial charge in [0.05, 0.1) is 17.3 Å². The van der Waals surface area contributed by atoms with Crippen molar-refractivity contribution in [2.24, 2.45) is 0 Å². The highest BCUT2D eigenvalue weighted by Crippen LogP contribution is 2.44. The SMILES string of the molecule is Cc1cccn2c(C)c(C(O)=C3C(=O)C(=O)N(c4nnc(SCc5ccc(Cl)cc5)s4)C3c3ccc(C(C)(C)C)cc3)nc12. The zero-order chi connectivity index (χ0) is 31.3. The molecule has 1 unspecified atom stereocenters. The first kappa shape index (κ1) is 30.1. The van der Waals surface area contributed by atoms with Gasteiger partial charge in [0.2, 0.25) is 5.13 Å². The number of carbonyl (C=O) groups excluding carboxylic acids is 2. The van der Waals surface area contributed by atoms with Gasteiger partial charge in [-0.2, -0.15) is 0 Å². The molecule has 0 saturated carbocycles. The number of Topliss-reactive ketones (excluding diaryl/α,β-unsaturated/α-hetero) is 1. The van der Waals surface area contributed by atoms with Gasteiger partial charge in [0.1, 0.15) is 11.3 Å². The molecule has 8 nitrogen and oxygen atoms in total. The lowest BCUT2D eigenvalue weighted by atomic mass is 9.85. The summed E-state index contributed by atoms with van der Waals surface area (Å²) in [7, 11) is 0. The summed E-state index contributed by atoms with van der Waals surface area (Å²) in [5.41, 5.74) is 5.20. The maximum absolute atomic E-state index is 13.7. The Balaban J connectivity index is 1.44. The minimum Gasteiger partial charge on any atom is -0.505 e. The van der Waals surface area contributed by atoms with Gasteiger partial charge in [0, 0.05) is 17.0 Å². The summed E-state index contributed by atoms with van der Waals surface area (Å²) in [5, 5.41) is 21.3. The molecule has 0 spiro atoms. The fourth-order valence-electron chi connectivity index (χ4n) is 5.27. The van der Waals surface area contributed by atoms with E-state index in [2.05, 4.69) is 36.0 Å². The summed E-state index contributed by atoms with van der Waals surface area (Å²) >= 11 is 8.72. The van der Waals surface area contributed by atoms with Crippen molar-refractivity contribution < 1.29 is 14.7 Å². The first-order valence-electron chi connectivity index (χ1n) is 14.0. The summed E-state index contributed by atoms with van der Waals surface area (Å²) < 4.78 is 2.51. The third-order valence-electron chi connectivity index (χ3n) is 7.72. The number of anilines is 1. The van der Waals surface area contributed by atoms with Crippen LogP contribution in [0.4, 0.5) is 5.13 Å². The summed E-state index contributed by atoms with van der Waals surface area (Å²) in [4.78, 5) is 33.5. The zero-order valence-electron chi connectivity index (χ0n) is 24.8. The van der Waals surface area contributed by atoms with Gasteiger partial charge in [-0.3, -0.25) is 14.5 Å². The Morgan fingerprint density at radius 3 is 2.39 bits per heavy atom. The highest BCUT2D eigenvalue weighted by molar-refractivity contribution is 8.00. The summed E-state index contributed by atoms with van der Waals surface area (Å²) in [6, 6.07) is 18.2. The molecule has 44 heavy (non-hydrogen) atoms. The van der Waals surface area contributed by atoms with Gasteiger partial charge < -0.3 is 9.51 Å². The zero-order valence-corrected chi connectivity index (χ0v) is 27.2. The second-order valence-electron chi connectivity index (χ2n) is 11.7. The standard InChI is InChI=1S/C33H30ClN5O3S2/c1-18-7-6-16-38-19(2)25(35-29(18)38)27(40)24-26(21-10-12-22(13-11-21)33(3,4)5)39(30(42)28(24)41)31-36-37-32(44-31)43-17-20-8-14-23(34)15-9-20/h6-16,26,40H,17H2,1-5H3. The van der Waals surface area contributed by atoms with Crippen molar-refractivity contribution >= 4 is 62.9 Å². The van der Waals surface area contributed by atoms with Crippen molar-refractivity contribution in [3.63, 3.8) is 0 Å². The first-order valence-corrected chi connectivity index (χ1v) is 16.2. The second kappa shape index (κ2) is 11.5. The highest BCUT2D eigenvalue weighted by atomic mass is 35.5. The number of ketones is 1. The molecule has 4 heterocycles. The topological polar surface area (TPSA) is 101 Å². The number of aryl methyl sites for hydroxylation is 2. The molecule has 1 atom stereocenters. The number of amides is 1. The Labute approximate surface area is 268 Å². The van der Waals surface area contributed by atoms with Gasteiger partial charge in [0.15, 0.2) is 10.1 Å². The van der Waals surface area contributed by atoms with Crippen LogP contribution in [0.1, 0.15) is 60.5 Å². The molecular formula is C33H30ClN5O3S2. The van der Waals surface area contributed by atoms with Crippen molar-refractivity contribution in [3.8, 4) is 0 Å². The van der Waals surface area contributed by atoms with Crippen LogP contribution < -0.4 is 4.90 Å². The van der Waals surface area contributed by atoms with E-state index in [0.29, 0.717) is 32.0 Å². The van der Waals surface area contributed by atoms with Crippen LogP contribution in [0.2, 0.25) is 5.02 Å². The van der Waals surface area contributed by atoms with Crippen LogP contribution in [-0.4, -0.2) is 36.4 Å². The molecule has 1 saturated heterocycles. The lowest BCUT2D eigenvalue weighted by Gasteiger charge is -2.24. The number of halogens is 1. The molecular weight excluding hydrogens is 614 g/mol. The molecule has 1 amide bonds. The van der Waals surface area contributed by atoms with E-state index in [1.807, 2.05) is 85.1 Å². The number of nitrogens with zero attached hydrogens (tertiary/aromatic N) is 5. The van der Waals surface area contributed by atoms with E-state index in [4.69, 9.17) is 11.6 Å². The highest BCUT2D eigenvalue weighted by Gasteiger charge is 2.49. The van der Waals surface area contributed by atoms with Gasteiger partial charge in [-0.15, -0.1) is 10.2 Å². The van der Waals surface area contributed by atoms with E-state index in [0.717, 1.165) is 16.7 Å². The fourth-order valence-corrected chi connectivity index (χ4v) is 7.22. The second-order valence-corrected chi connectivity index (χ2v) is 14.4. The number of carbonyl (C=O) groups is 2. The van der Waals surface area contributed by atoms with Crippen LogP contribution in [0.5, 0.6) is 0 Å². The summed E-state index contributed by atoms with van der Waals surface area (Å²) in [5.74, 6) is -1.27. The Bertz CT molecular complexity index is 1940. The average molecular weight is 644 g/mol. The Morgan fingerprint density at radius 2 is 1.73 bits per heavy atom. The number of benzene rings is 2. The average Bonchev–Trinajstić information content (AvgIpc) is 3.67. The number of thioether (sulfide) groups is 1. The molecule has 0 radical (unpaired) electrons. The van der Waals surface area contributed by atoms with E-state index in [1.165, 1.54) is 28.0 Å². The summed E-state index contributed by atoms with van der Waals surface area (Å²) in [6.45, 7) is 10.1. The van der Waals surface area contributed by atoms with Crippen LogP contribution >= 0.6 is 34.7 Å². The minimum absolute atomic E-state index is 0.0340. The number of rotatable bonds is 6. The molecule has 224 valence electrons. The van der Waals surface area contributed by atoms with Crippen LogP contribution in [0.15, 0.2) is 76.8 Å². The van der Waals surface area contributed by atoms with Crippen molar-refractivity contribution in [1.29, 1.82) is 0 Å². The number of pyridine rings is 1. The third-order valence-corrected chi connectivity index (χ3v) is 10.1. The summed E-state index contributed by atoms with van der Waals surface area (Å²) in [6.07, 6.45) is 1.85. The molecule has 1 fully saturated rings. The van der Waals surface area contributed by atoms with Crippen molar-refractivity contribution in [1.82, 2.24) is 19.6 Å². The Morgan fingerprint density at radius 1 is 1.02 bits per heavy atom. The Kier molecular flexibility index (Phi) is 7.85. The van der Waals surface area contributed by atoms with Crippen LogP contribution in [0, 0.1) is 13.8 Å². The van der Waals surface area contributed by atoms with E-state index in [1.54, 1.807) is 0 Å². The minimum atomic E-state index is -0.920. The molecule has 3 aromatic heterocycles. The fraction of sp³-hybridized carbons (Fsp3) is 0.242. The number of hydrogen-bond acceptors (Lipinski definition) is 8. The molecule has 0 aliphatic carbocycles. The van der Waals surface area contributed by atoms with Crippen LogP contribution in [0.3, 0.4) is 0 Å². The number of fused-ring (bicyclic) bond motifs is 1. The van der Waals surface area contributed by atoms with Crippen LogP contribution in [0.25, 0.3) is 11.4 Å². The smallest absolute Gasteiger partial charge is 0.301 e. The number of imidazole rings is 1. The van der Waals surface area contributed by atoms with E-state index < -0.39 is 17.7 Å². The van der Waals surface area contributed by atoms with Gasteiger partial charge in [-0.25, -0.2) is 4.98 Å². The quantitative estimate of drug-likeness (QED) is 0.0666. The predicted octanol–water partition coefficient (Wildman–Crippen LogP) is 7.67. The van der Waals surface area contributed by atoms with E-state index >= 15 is 0 Å². The van der Waals surface area contributed by atoms with Gasteiger partial charge in [0.25, 0.3) is 5.78 Å². The van der Waals surface area contributed by atoms with Crippen LogP contribution in [-0.2, 0) is 20.8 Å². The van der Waals surface area contributed by atoms with Crippen molar-refractivity contribution in [2.75, 3.05) is 4.90 Å². The maximum Gasteiger partial charge on any atom is 0.301 e. The largest absolute Gasteiger partial charge is 0.505 e. The molecule has 1 N–H and O–H groups in total. The van der Waals surface area contributed by atoms with Gasteiger partial charge >= 0.3 is 5.91 Å². The third kappa shape index (κ3) is 5.42.